The molecule has 1 unspecified atom stereocenters. The average molecular weight is 176 g/mol. The summed E-state index contributed by atoms with van der Waals surface area (Å²) in [6.07, 6.45) is 0.419. The zero-order valence-corrected chi connectivity index (χ0v) is 8.46. The quantitative estimate of drug-likeness (QED) is 0.624. The molecule has 1 N–H and O–H groups in total. The van der Waals surface area contributed by atoms with Gasteiger partial charge in [-0.05, 0) is 27.2 Å². The SMILES string of the molecule is CCCOC(OCC)C(C)(C)O. The number of hydrogen-bond acceptors (Lipinski definition) is 3. The van der Waals surface area contributed by atoms with Crippen LogP contribution in [0.5, 0.6) is 0 Å². The predicted octanol–water partition coefficient (Wildman–Crippen LogP) is 1.55. The van der Waals surface area contributed by atoms with E-state index in [4.69, 9.17) is 9.47 Å². The molecule has 3 nitrogen and oxygen atoms in total. The van der Waals surface area contributed by atoms with Crippen LogP contribution in [-0.2, 0) is 9.47 Å². The van der Waals surface area contributed by atoms with Crippen molar-refractivity contribution >= 4 is 0 Å². The zero-order chi connectivity index (χ0) is 9.61. The molecule has 0 heterocycles. The van der Waals surface area contributed by atoms with E-state index in [0.29, 0.717) is 13.2 Å². The average Bonchev–Trinajstić information content (AvgIpc) is 1.95. The maximum atomic E-state index is 9.59. The molecule has 3 heteroatoms. The molecule has 0 aromatic rings. The molecule has 0 aromatic carbocycles. The monoisotopic (exact) mass is 176 g/mol. The lowest BCUT2D eigenvalue weighted by Crippen LogP contribution is -2.40. The lowest BCUT2D eigenvalue weighted by atomic mass is 10.1. The van der Waals surface area contributed by atoms with Gasteiger partial charge in [0.25, 0.3) is 0 Å². The Morgan fingerprint density at radius 1 is 1.25 bits per heavy atom. The van der Waals surface area contributed by atoms with Gasteiger partial charge in [0.15, 0.2) is 6.29 Å². The molecule has 0 spiro atoms. The molecule has 0 aromatic heterocycles. The normalized spacial score (nSPS) is 14.8. The van der Waals surface area contributed by atoms with Crippen LogP contribution in [0.3, 0.4) is 0 Å². The van der Waals surface area contributed by atoms with Crippen LogP contribution in [0.1, 0.15) is 34.1 Å². The first-order valence-electron chi connectivity index (χ1n) is 4.48. The molecule has 0 saturated carbocycles. The highest BCUT2D eigenvalue weighted by Crippen LogP contribution is 2.13. The third-order valence-corrected chi connectivity index (χ3v) is 1.37. The van der Waals surface area contributed by atoms with Gasteiger partial charge in [-0.3, -0.25) is 0 Å². The van der Waals surface area contributed by atoms with E-state index in [1.165, 1.54) is 0 Å². The molecule has 0 rings (SSSR count). The summed E-state index contributed by atoms with van der Waals surface area (Å²) < 4.78 is 10.6. The maximum absolute atomic E-state index is 9.59. The summed E-state index contributed by atoms with van der Waals surface area (Å²) in [6.45, 7) is 8.44. The van der Waals surface area contributed by atoms with E-state index in [9.17, 15) is 5.11 Å². The van der Waals surface area contributed by atoms with E-state index < -0.39 is 11.9 Å². The first-order chi connectivity index (χ1) is 5.52. The highest BCUT2D eigenvalue weighted by molar-refractivity contribution is 4.70. The van der Waals surface area contributed by atoms with Crippen LogP contribution in [0.4, 0.5) is 0 Å². The molecule has 0 aliphatic rings. The van der Waals surface area contributed by atoms with Gasteiger partial charge >= 0.3 is 0 Å². The van der Waals surface area contributed by atoms with Crippen LogP contribution in [0.15, 0.2) is 0 Å². The summed E-state index contributed by atoms with van der Waals surface area (Å²) in [7, 11) is 0. The Morgan fingerprint density at radius 3 is 2.17 bits per heavy atom. The third kappa shape index (κ3) is 4.70. The fraction of sp³-hybridized carbons (Fsp3) is 1.00. The van der Waals surface area contributed by atoms with Gasteiger partial charge in [0, 0.05) is 13.2 Å². The van der Waals surface area contributed by atoms with E-state index >= 15 is 0 Å². The third-order valence-electron chi connectivity index (χ3n) is 1.37. The van der Waals surface area contributed by atoms with Crippen LogP contribution < -0.4 is 0 Å². The lowest BCUT2D eigenvalue weighted by Gasteiger charge is -2.28. The minimum absolute atomic E-state index is 0.512. The van der Waals surface area contributed by atoms with Crippen LogP contribution in [0.2, 0.25) is 0 Å². The molecule has 0 aliphatic heterocycles. The molecule has 1 atom stereocenters. The van der Waals surface area contributed by atoms with Gasteiger partial charge in [0.2, 0.25) is 0 Å². The molecule has 74 valence electrons. The fourth-order valence-electron chi connectivity index (χ4n) is 0.832. The maximum Gasteiger partial charge on any atom is 0.185 e. The van der Waals surface area contributed by atoms with E-state index in [0.717, 1.165) is 6.42 Å². The van der Waals surface area contributed by atoms with Gasteiger partial charge in [-0.25, -0.2) is 0 Å². The number of ether oxygens (including phenoxy) is 2. The molecule has 0 aliphatic carbocycles. The second kappa shape index (κ2) is 5.51. The van der Waals surface area contributed by atoms with Crippen molar-refractivity contribution in [2.75, 3.05) is 13.2 Å². The van der Waals surface area contributed by atoms with Crippen molar-refractivity contribution in [3.05, 3.63) is 0 Å². The molecule has 0 amide bonds. The number of rotatable bonds is 6. The van der Waals surface area contributed by atoms with Gasteiger partial charge in [-0.1, -0.05) is 6.92 Å². The van der Waals surface area contributed by atoms with Crippen molar-refractivity contribution in [2.24, 2.45) is 0 Å². The van der Waals surface area contributed by atoms with Crippen molar-refractivity contribution < 1.29 is 14.6 Å². The van der Waals surface area contributed by atoms with Crippen molar-refractivity contribution in [3.8, 4) is 0 Å². The van der Waals surface area contributed by atoms with Crippen LogP contribution in [0.25, 0.3) is 0 Å². The molecule has 0 saturated heterocycles. The standard InChI is InChI=1S/C9H20O3/c1-5-7-12-8(11-6-2)9(3,4)10/h8,10H,5-7H2,1-4H3. The summed E-state index contributed by atoms with van der Waals surface area (Å²) >= 11 is 0. The largest absolute Gasteiger partial charge is 0.385 e. The fourth-order valence-corrected chi connectivity index (χ4v) is 0.832. The second-order valence-corrected chi connectivity index (χ2v) is 3.31. The van der Waals surface area contributed by atoms with Crippen LogP contribution in [0, 0.1) is 0 Å². The Morgan fingerprint density at radius 2 is 1.83 bits per heavy atom. The van der Waals surface area contributed by atoms with Crippen molar-refractivity contribution in [1.82, 2.24) is 0 Å². The first-order valence-corrected chi connectivity index (χ1v) is 4.48. The molecular formula is C9H20O3. The Kier molecular flexibility index (Phi) is 5.46. The van der Waals surface area contributed by atoms with E-state index in [1.54, 1.807) is 13.8 Å². The Bertz CT molecular complexity index is 107. The number of hydrogen-bond donors (Lipinski definition) is 1. The van der Waals surface area contributed by atoms with Gasteiger partial charge < -0.3 is 14.6 Å². The minimum Gasteiger partial charge on any atom is -0.385 e. The van der Waals surface area contributed by atoms with Crippen molar-refractivity contribution in [3.63, 3.8) is 0 Å². The lowest BCUT2D eigenvalue weighted by molar-refractivity contribution is -0.224. The first kappa shape index (κ1) is 11.9. The highest BCUT2D eigenvalue weighted by atomic mass is 16.7. The van der Waals surface area contributed by atoms with Crippen molar-refractivity contribution in [1.29, 1.82) is 0 Å². The molecule has 12 heavy (non-hydrogen) atoms. The Labute approximate surface area is 74.7 Å². The summed E-state index contributed by atoms with van der Waals surface area (Å²) in [5.74, 6) is 0. The summed E-state index contributed by atoms with van der Waals surface area (Å²) in [5, 5.41) is 9.59. The van der Waals surface area contributed by atoms with E-state index in [1.807, 2.05) is 13.8 Å². The van der Waals surface area contributed by atoms with E-state index in [2.05, 4.69) is 0 Å². The zero-order valence-electron chi connectivity index (χ0n) is 8.46. The van der Waals surface area contributed by atoms with Gasteiger partial charge in [-0.2, -0.15) is 0 Å². The topological polar surface area (TPSA) is 38.7 Å². The molecule has 0 fully saturated rings. The molecular weight excluding hydrogens is 156 g/mol. The molecule has 0 bridgehead atoms. The van der Waals surface area contributed by atoms with Gasteiger partial charge in [0.05, 0.1) is 0 Å². The smallest absolute Gasteiger partial charge is 0.185 e. The van der Waals surface area contributed by atoms with Crippen LogP contribution >= 0.6 is 0 Å². The second-order valence-electron chi connectivity index (χ2n) is 3.31. The van der Waals surface area contributed by atoms with Crippen molar-refractivity contribution in [2.45, 2.75) is 46.0 Å². The predicted molar refractivity (Wildman–Crippen MR) is 48.0 cm³/mol. The summed E-state index contributed by atoms with van der Waals surface area (Å²) in [4.78, 5) is 0. The highest BCUT2D eigenvalue weighted by Gasteiger charge is 2.27. The summed E-state index contributed by atoms with van der Waals surface area (Å²) in [5.41, 5.74) is -0.925. The Hall–Kier alpha value is -0.120. The van der Waals surface area contributed by atoms with Crippen LogP contribution in [-0.4, -0.2) is 30.2 Å². The minimum atomic E-state index is -0.925. The van der Waals surface area contributed by atoms with E-state index in [-0.39, 0.29) is 0 Å². The number of aliphatic hydroxyl groups is 1. The summed E-state index contributed by atoms with van der Waals surface area (Å²) in [6, 6.07) is 0. The Balaban J connectivity index is 3.86. The van der Waals surface area contributed by atoms with Gasteiger partial charge in [-0.15, -0.1) is 0 Å². The van der Waals surface area contributed by atoms with Gasteiger partial charge in [0.1, 0.15) is 5.60 Å². The molecule has 0 radical (unpaired) electrons.